The molecule has 0 spiro atoms. The highest BCUT2D eigenvalue weighted by atomic mass is 35.5. The first-order valence-corrected chi connectivity index (χ1v) is 7.18. The molecular formula is C11H14ClNO3S. The molecule has 17 heavy (non-hydrogen) atoms. The van der Waals surface area contributed by atoms with Crippen LogP contribution < -0.4 is 0 Å². The fourth-order valence-electron chi connectivity index (χ4n) is 1.77. The summed E-state index contributed by atoms with van der Waals surface area (Å²) in [6.45, 7) is 2.11. The van der Waals surface area contributed by atoms with Crippen LogP contribution in [0.25, 0.3) is 0 Å². The van der Waals surface area contributed by atoms with Crippen molar-refractivity contribution in [1.82, 2.24) is 4.31 Å². The van der Waals surface area contributed by atoms with E-state index in [0.29, 0.717) is 0 Å². The minimum absolute atomic E-state index is 0.0599. The van der Waals surface area contributed by atoms with Gasteiger partial charge in [0.2, 0.25) is 10.0 Å². The van der Waals surface area contributed by atoms with Crippen LogP contribution in [0.4, 0.5) is 0 Å². The molecule has 1 aromatic carbocycles. The lowest BCUT2D eigenvalue weighted by atomic mass is 10.2. The highest BCUT2D eigenvalue weighted by Gasteiger charge is 2.37. The van der Waals surface area contributed by atoms with E-state index in [4.69, 9.17) is 11.6 Å². The molecule has 0 amide bonds. The SMILES string of the molecule is Cc1ccc(S(=O)(=O)N2CC(O)C(Cl)C2)cc1. The zero-order chi connectivity index (χ0) is 12.6. The van der Waals surface area contributed by atoms with Crippen molar-refractivity contribution in [3.8, 4) is 0 Å². The van der Waals surface area contributed by atoms with Gasteiger partial charge in [-0.15, -0.1) is 11.6 Å². The van der Waals surface area contributed by atoms with E-state index >= 15 is 0 Å². The average Bonchev–Trinajstić information content (AvgIpc) is 2.60. The number of nitrogens with zero attached hydrogens (tertiary/aromatic N) is 1. The number of aliphatic hydroxyl groups is 1. The molecule has 0 bridgehead atoms. The molecule has 94 valence electrons. The summed E-state index contributed by atoms with van der Waals surface area (Å²) in [7, 11) is -3.53. The van der Waals surface area contributed by atoms with Crippen LogP contribution in [0.15, 0.2) is 29.2 Å². The topological polar surface area (TPSA) is 57.6 Å². The van der Waals surface area contributed by atoms with Crippen molar-refractivity contribution >= 4 is 21.6 Å². The largest absolute Gasteiger partial charge is 0.390 e. The lowest BCUT2D eigenvalue weighted by molar-refractivity contribution is 0.192. The number of alkyl halides is 1. The first-order valence-electron chi connectivity index (χ1n) is 5.30. The van der Waals surface area contributed by atoms with E-state index in [1.807, 2.05) is 6.92 Å². The van der Waals surface area contributed by atoms with Gasteiger partial charge in [0.05, 0.1) is 16.4 Å². The number of hydrogen-bond donors (Lipinski definition) is 1. The van der Waals surface area contributed by atoms with Gasteiger partial charge in [-0.1, -0.05) is 17.7 Å². The van der Waals surface area contributed by atoms with Crippen LogP contribution in [-0.2, 0) is 10.0 Å². The Bertz CT molecular complexity index is 490. The standard InChI is InChI=1S/C11H14ClNO3S/c1-8-2-4-9(5-3-8)17(15,16)13-6-10(12)11(14)7-13/h2-5,10-11,14H,6-7H2,1H3. The number of sulfonamides is 1. The zero-order valence-electron chi connectivity index (χ0n) is 9.38. The third-order valence-corrected chi connectivity index (χ3v) is 5.12. The van der Waals surface area contributed by atoms with E-state index in [9.17, 15) is 13.5 Å². The number of halogens is 1. The zero-order valence-corrected chi connectivity index (χ0v) is 10.9. The summed E-state index contributed by atoms with van der Waals surface area (Å²) in [6, 6.07) is 6.63. The monoisotopic (exact) mass is 275 g/mol. The number of β-amino-alcohol motifs (C(OH)–C–C–N with tert-alkyl or cyclic N) is 1. The summed E-state index contributed by atoms with van der Waals surface area (Å²) < 4.78 is 25.6. The Morgan fingerprint density at radius 2 is 1.88 bits per heavy atom. The summed E-state index contributed by atoms with van der Waals surface area (Å²) in [5.41, 5.74) is 1.00. The third kappa shape index (κ3) is 2.47. The molecule has 0 saturated carbocycles. The van der Waals surface area contributed by atoms with Gasteiger partial charge < -0.3 is 5.11 Å². The lowest BCUT2D eigenvalue weighted by Crippen LogP contribution is -2.29. The molecule has 1 fully saturated rings. The van der Waals surface area contributed by atoms with Crippen molar-refractivity contribution in [3.63, 3.8) is 0 Å². The predicted octanol–water partition coefficient (Wildman–Crippen LogP) is 0.968. The smallest absolute Gasteiger partial charge is 0.243 e. The number of hydrogen-bond acceptors (Lipinski definition) is 3. The summed E-state index contributed by atoms with van der Waals surface area (Å²) in [5.74, 6) is 0. The Hall–Kier alpha value is -0.620. The van der Waals surface area contributed by atoms with Crippen LogP contribution in [0, 0.1) is 6.92 Å². The van der Waals surface area contributed by atoms with Crippen molar-refractivity contribution < 1.29 is 13.5 Å². The minimum Gasteiger partial charge on any atom is -0.390 e. The molecule has 0 aliphatic carbocycles. The molecule has 1 saturated heterocycles. The van der Waals surface area contributed by atoms with Crippen LogP contribution in [0.5, 0.6) is 0 Å². The van der Waals surface area contributed by atoms with Crippen LogP contribution in [0.3, 0.4) is 0 Å². The second-order valence-electron chi connectivity index (χ2n) is 4.22. The predicted molar refractivity (Wildman–Crippen MR) is 65.6 cm³/mol. The van der Waals surface area contributed by atoms with Gasteiger partial charge >= 0.3 is 0 Å². The minimum atomic E-state index is -3.53. The first-order chi connectivity index (χ1) is 7.91. The molecule has 0 aromatic heterocycles. The molecule has 2 rings (SSSR count). The third-order valence-electron chi connectivity index (χ3n) is 2.85. The summed E-state index contributed by atoms with van der Waals surface area (Å²) >= 11 is 5.82. The van der Waals surface area contributed by atoms with Crippen molar-refractivity contribution in [2.45, 2.75) is 23.3 Å². The van der Waals surface area contributed by atoms with Gasteiger partial charge in [-0.05, 0) is 19.1 Å². The van der Waals surface area contributed by atoms with Gasteiger partial charge in [-0.2, -0.15) is 4.31 Å². The van der Waals surface area contributed by atoms with Gasteiger partial charge in [0.25, 0.3) is 0 Å². The van der Waals surface area contributed by atoms with Crippen molar-refractivity contribution in [2.24, 2.45) is 0 Å². The normalized spacial score (nSPS) is 26.3. The highest BCUT2D eigenvalue weighted by Crippen LogP contribution is 2.23. The van der Waals surface area contributed by atoms with Crippen LogP contribution in [0.1, 0.15) is 5.56 Å². The Kier molecular flexibility index (Phi) is 3.45. The van der Waals surface area contributed by atoms with Gasteiger partial charge in [0.15, 0.2) is 0 Å². The Labute approximate surface area is 106 Å². The Balaban J connectivity index is 2.28. The number of benzene rings is 1. The molecule has 0 radical (unpaired) electrons. The van der Waals surface area contributed by atoms with E-state index in [-0.39, 0.29) is 18.0 Å². The summed E-state index contributed by atoms with van der Waals surface area (Å²) in [4.78, 5) is 0.237. The van der Waals surface area contributed by atoms with Gasteiger partial charge in [-0.3, -0.25) is 0 Å². The van der Waals surface area contributed by atoms with E-state index in [1.165, 1.54) is 4.31 Å². The fraction of sp³-hybridized carbons (Fsp3) is 0.455. The highest BCUT2D eigenvalue weighted by molar-refractivity contribution is 7.89. The van der Waals surface area contributed by atoms with Gasteiger partial charge in [0, 0.05) is 13.1 Å². The van der Waals surface area contributed by atoms with Crippen molar-refractivity contribution in [3.05, 3.63) is 29.8 Å². The van der Waals surface area contributed by atoms with Gasteiger partial charge in [-0.25, -0.2) is 8.42 Å². The van der Waals surface area contributed by atoms with Crippen LogP contribution in [-0.4, -0.2) is 42.4 Å². The summed E-state index contributed by atoms with van der Waals surface area (Å²) in [6.07, 6.45) is -0.795. The molecular weight excluding hydrogens is 262 g/mol. The molecule has 1 N–H and O–H groups in total. The van der Waals surface area contributed by atoms with Crippen LogP contribution >= 0.6 is 11.6 Å². The van der Waals surface area contributed by atoms with Crippen LogP contribution in [0.2, 0.25) is 0 Å². The van der Waals surface area contributed by atoms with E-state index in [2.05, 4.69) is 0 Å². The van der Waals surface area contributed by atoms with E-state index < -0.39 is 21.5 Å². The molecule has 6 heteroatoms. The maximum absolute atomic E-state index is 12.2. The molecule has 2 atom stereocenters. The maximum Gasteiger partial charge on any atom is 0.243 e. The molecule has 1 aliphatic heterocycles. The van der Waals surface area contributed by atoms with Crippen molar-refractivity contribution in [2.75, 3.05) is 13.1 Å². The molecule has 1 heterocycles. The molecule has 2 unspecified atom stereocenters. The van der Waals surface area contributed by atoms with E-state index in [1.54, 1.807) is 24.3 Å². The molecule has 1 aromatic rings. The maximum atomic E-state index is 12.2. The number of aliphatic hydroxyl groups excluding tert-OH is 1. The number of rotatable bonds is 2. The lowest BCUT2D eigenvalue weighted by Gasteiger charge is -2.15. The Morgan fingerprint density at radius 3 is 2.35 bits per heavy atom. The van der Waals surface area contributed by atoms with Crippen molar-refractivity contribution in [1.29, 1.82) is 0 Å². The second kappa shape index (κ2) is 4.57. The second-order valence-corrected chi connectivity index (χ2v) is 6.72. The fourth-order valence-corrected chi connectivity index (χ4v) is 3.58. The molecule has 1 aliphatic rings. The van der Waals surface area contributed by atoms with Gasteiger partial charge in [0.1, 0.15) is 0 Å². The first kappa shape index (κ1) is 12.8. The molecule has 4 nitrogen and oxygen atoms in total. The quantitative estimate of drug-likeness (QED) is 0.818. The Morgan fingerprint density at radius 1 is 1.29 bits per heavy atom. The number of aryl methyl sites for hydroxylation is 1. The average molecular weight is 276 g/mol. The van der Waals surface area contributed by atoms with E-state index in [0.717, 1.165) is 5.56 Å². The summed E-state index contributed by atoms with van der Waals surface area (Å²) in [5, 5.41) is 8.95.